The fraction of sp³-hybridized carbons (Fsp3) is 0.107. The number of fused-ring (bicyclic) bond motifs is 1. The Balaban J connectivity index is 1.59. The smallest absolute Gasteiger partial charge is 0.271 e. The average molecular weight is 466 g/mol. The quantitative estimate of drug-likeness (QED) is 0.290. The van der Waals surface area contributed by atoms with E-state index in [-0.39, 0.29) is 6.61 Å². The number of ether oxygens (including phenoxy) is 3. The van der Waals surface area contributed by atoms with Crippen LogP contribution in [0.15, 0.2) is 84.0 Å². The molecule has 0 saturated carbocycles. The highest BCUT2D eigenvalue weighted by molar-refractivity contribution is 6.03. The lowest BCUT2D eigenvalue weighted by Crippen LogP contribution is -2.18. The van der Waals surface area contributed by atoms with Gasteiger partial charge in [-0.25, -0.2) is 5.43 Å². The van der Waals surface area contributed by atoms with Gasteiger partial charge in [0.05, 0.1) is 32.1 Å². The summed E-state index contributed by atoms with van der Waals surface area (Å²) in [6, 6.07) is 26.0. The van der Waals surface area contributed by atoms with Crippen LogP contribution in [0.3, 0.4) is 0 Å². The highest BCUT2D eigenvalue weighted by atomic mass is 16.5. The molecule has 4 aromatic rings. The van der Waals surface area contributed by atoms with Crippen molar-refractivity contribution >= 4 is 22.9 Å². The number of nitrogens with one attached hydrogen (secondary N) is 1. The Morgan fingerprint density at radius 3 is 2.49 bits per heavy atom. The molecule has 7 nitrogen and oxygen atoms in total. The highest BCUT2D eigenvalue weighted by Gasteiger charge is 2.11. The number of hydrogen-bond donors (Lipinski definition) is 1. The molecule has 4 aromatic carbocycles. The summed E-state index contributed by atoms with van der Waals surface area (Å²) in [7, 11) is 3.04. The minimum absolute atomic E-state index is 0.282. The monoisotopic (exact) mass is 465 g/mol. The van der Waals surface area contributed by atoms with Crippen molar-refractivity contribution in [3.8, 4) is 23.3 Å². The first kappa shape index (κ1) is 23.3. The van der Waals surface area contributed by atoms with E-state index in [1.807, 2.05) is 48.5 Å². The maximum absolute atomic E-state index is 12.7. The molecule has 0 aliphatic carbocycles. The lowest BCUT2D eigenvalue weighted by Gasteiger charge is -2.12. The lowest BCUT2D eigenvalue weighted by atomic mass is 10.0. The van der Waals surface area contributed by atoms with Crippen LogP contribution in [-0.2, 0) is 6.61 Å². The van der Waals surface area contributed by atoms with E-state index in [1.54, 1.807) is 36.5 Å². The molecule has 0 atom stereocenters. The molecule has 0 saturated heterocycles. The lowest BCUT2D eigenvalue weighted by molar-refractivity contribution is 0.0954. The van der Waals surface area contributed by atoms with Crippen molar-refractivity contribution in [2.45, 2.75) is 6.61 Å². The third-order valence-corrected chi connectivity index (χ3v) is 5.35. The van der Waals surface area contributed by atoms with Crippen LogP contribution in [0.2, 0.25) is 0 Å². The molecule has 0 heterocycles. The van der Waals surface area contributed by atoms with Crippen molar-refractivity contribution in [3.63, 3.8) is 0 Å². The van der Waals surface area contributed by atoms with Gasteiger partial charge < -0.3 is 14.2 Å². The summed E-state index contributed by atoms with van der Waals surface area (Å²) in [5, 5.41) is 15.3. The average Bonchev–Trinajstić information content (AvgIpc) is 2.91. The Morgan fingerprint density at radius 2 is 1.74 bits per heavy atom. The Kier molecular flexibility index (Phi) is 7.24. The maximum atomic E-state index is 12.7. The van der Waals surface area contributed by atoms with Gasteiger partial charge in [0.25, 0.3) is 5.91 Å². The first-order valence-electron chi connectivity index (χ1n) is 10.8. The number of amides is 1. The molecule has 4 rings (SSSR count). The summed E-state index contributed by atoms with van der Waals surface area (Å²) in [5.74, 6) is 1.20. The minimum Gasteiger partial charge on any atom is -0.497 e. The molecule has 174 valence electrons. The Hall–Kier alpha value is -4.83. The van der Waals surface area contributed by atoms with Gasteiger partial charge in [0.15, 0.2) is 0 Å². The largest absolute Gasteiger partial charge is 0.497 e. The minimum atomic E-state index is -0.408. The second kappa shape index (κ2) is 10.9. The van der Waals surface area contributed by atoms with Crippen molar-refractivity contribution in [1.82, 2.24) is 5.43 Å². The van der Waals surface area contributed by atoms with Crippen LogP contribution < -0.4 is 19.6 Å². The van der Waals surface area contributed by atoms with Crippen LogP contribution in [0.25, 0.3) is 10.8 Å². The fourth-order valence-electron chi connectivity index (χ4n) is 3.58. The van der Waals surface area contributed by atoms with E-state index in [0.29, 0.717) is 28.4 Å². The van der Waals surface area contributed by atoms with E-state index in [2.05, 4.69) is 16.6 Å². The number of carbonyl (C=O) groups excluding carboxylic acids is 1. The summed E-state index contributed by atoms with van der Waals surface area (Å²) in [5.41, 5.74) is 5.08. The van der Waals surface area contributed by atoms with Gasteiger partial charge in [0.2, 0.25) is 0 Å². The van der Waals surface area contributed by atoms with E-state index < -0.39 is 5.91 Å². The number of hydrazone groups is 1. The zero-order chi connectivity index (χ0) is 24.6. The van der Waals surface area contributed by atoms with Crippen LogP contribution >= 0.6 is 0 Å². The normalized spacial score (nSPS) is 10.7. The molecule has 7 heteroatoms. The first-order chi connectivity index (χ1) is 17.1. The van der Waals surface area contributed by atoms with Crippen molar-refractivity contribution in [1.29, 1.82) is 5.26 Å². The predicted octanol–water partition coefficient (Wildman–Crippen LogP) is 5.07. The van der Waals surface area contributed by atoms with Crippen LogP contribution in [-0.4, -0.2) is 26.3 Å². The number of hydrogen-bond acceptors (Lipinski definition) is 6. The summed E-state index contributed by atoms with van der Waals surface area (Å²) in [6.07, 6.45) is 1.57. The van der Waals surface area contributed by atoms with Gasteiger partial charge in [-0.2, -0.15) is 10.4 Å². The van der Waals surface area contributed by atoms with Crippen LogP contribution in [0.1, 0.15) is 27.0 Å². The highest BCUT2D eigenvalue weighted by Crippen LogP contribution is 2.28. The van der Waals surface area contributed by atoms with Crippen LogP contribution in [0.4, 0.5) is 0 Å². The molecule has 0 fully saturated rings. The van der Waals surface area contributed by atoms with Gasteiger partial charge in [0, 0.05) is 17.2 Å². The zero-order valence-corrected chi connectivity index (χ0v) is 19.3. The standard InChI is InChI=1S/C28H23N3O4/c1-33-23-13-22(14-24(15-23)34-2)28(32)31-30-17-26-25-9-4-3-8-21(25)10-11-27(26)35-18-20-7-5-6-19(12-20)16-29/h3-15,17H,18H2,1-2H3,(H,31,32)/b30-17-. The molecule has 0 spiro atoms. The molecule has 35 heavy (non-hydrogen) atoms. The zero-order valence-electron chi connectivity index (χ0n) is 19.3. The van der Waals surface area contributed by atoms with Crippen molar-refractivity contribution < 1.29 is 19.0 Å². The van der Waals surface area contributed by atoms with E-state index >= 15 is 0 Å². The number of nitriles is 1. The molecule has 0 radical (unpaired) electrons. The Morgan fingerprint density at radius 1 is 0.971 bits per heavy atom. The van der Waals surface area contributed by atoms with Gasteiger partial charge in [-0.3, -0.25) is 4.79 Å². The summed E-state index contributed by atoms with van der Waals surface area (Å²) in [4.78, 5) is 12.7. The van der Waals surface area contributed by atoms with E-state index in [4.69, 9.17) is 19.5 Å². The van der Waals surface area contributed by atoms with Gasteiger partial charge in [-0.05, 0) is 46.7 Å². The maximum Gasteiger partial charge on any atom is 0.271 e. The number of nitrogens with zero attached hydrogens (tertiary/aromatic N) is 2. The molecule has 1 amide bonds. The molecule has 0 unspecified atom stereocenters. The fourth-order valence-corrected chi connectivity index (χ4v) is 3.58. The molecule has 0 aromatic heterocycles. The number of carbonyl (C=O) groups is 1. The van der Waals surface area contributed by atoms with Crippen molar-refractivity contribution in [2.75, 3.05) is 14.2 Å². The van der Waals surface area contributed by atoms with Crippen molar-refractivity contribution in [3.05, 3.63) is 101 Å². The van der Waals surface area contributed by atoms with Gasteiger partial charge in [-0.15, -0.1) is 0 Å². The van der Waals surface area contributed by atoms with E-state index in [0.717, 1.165) is 21.9 Å². The van der Waals surface area contributed by atoms with E-state index in [1.165, 1.54) is 14.2 Å². The summed E-state index contributed by atoms with van der Waals surface area (Å²) in [6.45, 7) is 0.282. The third kappa shape index (κ3) is 5.57. The first-order valence-corrected chi connectivity index (χ1v) is 10.8. The van der Waals surface area contributed by atoms with Crippen LogP contribution in [0.5, 0.6) is 17.2 Å². The Bertz CT molecular complexity index is 1420. The summed E-state index contributed by atoms with van der Waals surface area (Å²) < 4.78 is 16.5. The van der Waals surface area contributed by atoms with Crippen molar-refractivity contribution in [2.24, 2.45) is 5.10 Å². The van der Waals surface area contributed by atoms with Gasteiger partial charge in [-0.1, -0.05) is 42.5 Å². The molecular weight excluding hydrogens is 442 g/mol. The van der Waals surface area contributed by atoms with Crippen LogP contribution in [0, 0.1) is 11.3 Å². The van der Waals surface area contributed by atoms with Gasteiger partial charge >= 0.3 is 0 Å². The molecule has 0 bridgehead atoms. The summed E-state index contributed by atoms with van der Waals surface area (Å²) >= 11 is 0. The van der Waals surface area contributed by atoms with E-state index in [9.17, 15) is 4.79 Å². The second-order valence-electron chi connectivity index (χ2n) is 7.60. The molecule has 0 aliphatic heterocycles. The second-order valence-corrected chi connectivity index (χ2v) is 7.60. The number of benzene rings is 4. The third-order valence-electron chi connectivity index (χ3n) is 5.35. The molecular formula is C28H23N3O4. The van der Waals surface area contributed by atoms with Gasteiger partial charge in [0.1, 0.15) is 23.9 Å². The number of rotatable bonds is 8. The topological polar surface area (TPSA) is 92.9 Å². The predicted molar refractivity (Wildman–Crippen MR) is 134 cm³/mol. The molecule has 0 aliphatic rings. The number of methoxy groups -OCH3 is 2. The molecule has 1 N–H and O–H groups in total. The Labute approximate surface area is 203 Å². The SMILES string of the molecule is COc1cc(OC)cc(C(=O)N/N=C\c2c(OCc3cccc(C#N)c3)ccc3ccccc23)c1.